The lowest BCUT2D eigenvalue weighted by Crippen LogP contribution is -2.24. The van der Waals surface area contributed by atoms with Crippen LogP contribution in [0.2, 0.25) is 0 Å². The summed E-state index contributed by atoms with van der Waals surface area (Å²) in [5, 5.41) is 2.32. The Morgan fingerprint density at radius 1 is 1.26 bits per heavy atom. The van der Waals surface area contributed by atoms with Crippen LogP contribution in [0.25, 0.3) is 21.1 Å². The normalized spacial score (nSPS) is 12.4. The first-order chi connectivity index (χ1) is 8.98. The lowest BCUT2D eigenvalue weighted by Gasteiger charge is -2.17. The van der Waals surface area contributed by atoms with E-state index in [1.54, 1.807) is 0 Å². The van der Waals surface area contributed by atoms with Gasteiger partial charge >= 0.3 is 0 Å². The third-order valence-electron chi connectivity index (χ3n) is 3.42. The zero-order valence-corrected chi connectivity index (χ0v) is 12.1. The highest BCUT2D eigenvalue weighted by molar-refractivity contribution is 7.13. The van der Waals surface area contributed by atoms with Crippen molar-refractivity contribution in [2.75, 3.05) is 0 Å². The number of hydrogen-bond acceptors (Lipinski definition) is 3. The van der Waals surface area contributed by atoms with E-state index in [0.717, 1.165) is 15.7 Å². The van der Waals surface area contributed by atoms with Crippen LogP contribution in [0.4, 0.5) is 0 Å². The Kier molecular flexibility index (Phi) is 2.71. The number of aromatic nitrogens is 2. The third kappa shape index (κ3) is 1.96. The highest BCUT2D eigenvalue weighted by atomic mass is 32.1. The molecule has 0 saturated heterocycles. The fraction of sp³-hybridized carbons (Fsp3) is 0.333. The van der Waals surface area contributed by atoms with Crippen molar-refractivity contribution in [3.63, 3.8) is 0 Å². The molecule has 0 amide bonds. The molecule has 0 N–H and O–H groups in total. The number of para-hydroxylation sites is 1. The number of carbonyl (C=O) groups excluding carboxylic acids is 1. The second kappa shape index (κ2) is 4.17. The fourth-order valence-corrected chi connectivity index (χ4v) is 2.98. The Labute approximate surface area is 116 Å². The van der Waals surface area contributed by atoms with Crippen molar-refractivity contribution >= 4 is 38.4 Å². The van der Waals surface area contributed by atoms with Crippen LogP contribution in [0, 0.1) is 5.41 Å². The zero-order valence-electron chi connectivity index (χ0n) is 11.3. The summed E-state index contributed by atoms with van der Waals surface area (Å²) >= 11 is 1.45. The summed E-state index contributed by atoms with van der Waals surface area (Å²) in [7, 11) is 0. The SMILES string of the molecule is CC(C)(C)C(=O)Cn1c2ccccc2c2cnsc21. The van der Waals surface area contributed by atoms with Gasteiger partial charge in [-0.1, -0.05) is 39.0 Å². The van der Waals surface area contributed by atoms with E-state index in [0.29, 0.717) is 6.54 Å². The van der Waals surface area contributed by atoms with Gasteiger partial charge in [0.15, 0.2) is 5.78 Å². The van der Waals surface area contributed by atoms with Gasteiger partial charge in [-0.25, -0.2) is 0 Å². The van der Waals surface area contributed by atoms with Crippen molar-refractivity contribution in [2.45, 2.75) is 27.3 Å². The van der Waals surface area contributed by atoms with Crippen molar-refractivity contribution in [1.82, 2.24) is 8.94 Å². The van der Waals surface area contributed by atoms with Gasteiger partial charge in [-0.2, -0.15) is 4.37 Å². The average Bonchev–Trinajstić information content (AvgIpc) is 2.91. The van der Waals surface area contributed by atoms with Crippen molar-refractivity contribution in [3.8, 4) is 0 Å². The Balaban J connectivity index is 2.20. The Bertz CT molecular complexity index is 761. The van der Waals surface area contributed by atoms with Gasteiger partial charge in [0, 0.05) is 16.2 Å². The first-order valence-electron chi connectivity index (χ1n) is 6.33. The van der Waals surface area contributed by atoms with Crippen LogP contribution >= 0.6 is 11.5 Å². The molecule has 0 aliphatic heterocycles. The highest BCUT2D eigenvalue weighted by Crippen LogP contribution is 2.31. The molecule has 0 unspecified atom stereocenters. The molecular formula is C15H16N2OS. The summed E-state index contributed by atoms with van der Waals surface area (Å²) in [4.78, 5) is 13.4. The maximum atomic E-state index is 12.3. The second-order valence-corrected chi connectivity index (χ2v) is 6.60. The van der Waals surface area contributed by atoms with E-state index < -0.39 is 0 Å². The van der Waals surface area contributed by atoms with Crippen LogP contribution in [0.1, 0.15) is 20.8 Å². The van der Waals surface area contributed by atoms with Gasteiger partial charge in [-0.3, -0.25) is 4.79 Å². The summed E-state index contributed by atoms with van der Waals surface area (Å²) < 4.78 is 6.34. The lowest BCUT2D eigenvalue weighted by molar-refractivity contribution is -0.126. The smallest absolute Gasteiger partial charge is 0.157 e. The minimum atomic E-state index is -0.317. The maximum Gasteiger partial charge on any atom is 0.157 e. The first-order valence-corrected chi connectivity index (χ1v) is 7.11. The van der Waals surface area contributed by atoms with Crippen LogP contribution in [-0.2, 0) is 11.3 Å². The highest BCUT2D eigenvalue weighted by Gasteiger charge is 2.23. The van der Waals surface area contributed by atoms with E-state index in [9.17, 15) is 4.79 Å². The first kappa shape index (κ1) is 12.4. The quantitative estimate of drug-likeness (QED) is 0.710. The molecule has 19 heavy (non-hydrogen) atoms. The molecule has 0 saturated carbocycles. The van der Waals surface area contributed by atoms with Gasteiger partial charge in [0.05, 0.1) is 18.3 Å². The molecule has 3 rings (SSSR count). The van der Waals surface area contributed by atoms with E-state index >= 15 is 0 Å². The van der Waals surface area contributed by atoms with E-state index in [4.69, 9.17) is 0 Å². The van der Waals surface area contributed by atoms with E-state index in [1.165, 1.54) is 16.9 Å². The van der Waals surface area contributed by atoms with Crippen molar-refractivity contribution < 1.29 is 4.79 Å². The Morgan fingerprint density at radius 2 is 2.00 bits per heavy atom. The second-order valence-electron chi connectivity index (χ2n) is 5.82. The van der Waals surface area contributed by atoms with Gasteiger partial charge in [-0.05, 0) is 17.6 Å². The summed E-state index contributed by atoms with van der Waals surface area (Å²) in [5.41, 5.74) is 0.798. The van der Waals surface area contributed by atoms with Crippen LogP contribution in [0.15, 0.2) is 30.5 Å². The molecule has 0 fully saturated rings. The van der Waals surface area contributed by atoms with Gasteiger partial charge < -0.3 is 4.57 Å². The molecular weight excluding hydrogens is 256 g/mol. The number of hydrogen-bond donors (Lipinski definition) is 0. The van der Waals surface area contributed by atoms with Crippen LogP contribution in [-0.4, -0.2) is 14.7 Å². The molecule has 0 spiro atoms. The van der Waals surface area contributed by atoms with Gasteiger partial charge in [-0.15, -0.1) is 0 Å². The van der Waals surface area contributed by atoms with Crippen molar-refractivity contribution in [2.24, 2.45) is 5.41 Å². The van der Waals surface area contributed by atoms with Crippen LogP contribution in [0.5, 0.6) is 0 Å². The Morgan fingerprint density at radius 3 is 2.74 bits per heavy atom. The van der Waals surface area contributed by atoms with Crippen LogP contribution in [0.3, 0.4) is 0 Å². The van der Waals surface area contributed by atoms with Gasteiger partial charge in [0.2, 0.25) is 0 Å². The molecule has 4 heteroatoms. The molecule has 0 aliphatic rings. The van der Waals surface area contributed by atoms with E-state index in [-0.39, 0.29) is 11.2 Å². The molecule has 0 radical (unpaired) electrons. The molecule has 2 heterocycles. The number of Topliss-reactive ketones (excluding diaryl/α,β-unsaturated/α-hetero) is 1. The average molecular weight is 272 g/mol. The number of fused-ring (bicyclic) bond motifs is 3. The predicted molar refractivity (Wildman–Crippen MR) is 79.6 cm³/mol. The van der Waals surface area contributed by atoms with Crippen molar-refractivity contribution in [3.05, 3.63) is 30.5 Å². The number of nitrogens with zero attached hydrogens (tertiary/aromatic N) is 2. The molecule has 0 bridgehead atoms. The van der Waals surface area contributed by atoms with E-state index in [2.05, 4.69) is 21.1 Å². The molecule has 3 aromatic rings. The predicted octanol–water partition coefficient (Wildman–Crippen LogP) is 3.87. The van der Waals surface area contributed by atoms with Crippen LogP contribution < -0.4 is 0 Å². The van der Waals surface area contributed by atoms with Gasteiger partial charge in [0.25, 0.3) is 0 Å². The standard InChI is InChI=1S/C15H16N2OS/c1-15(2,3)13(18)9-17-12-7-5-4-6-10(12)11-8-16-19-14(11)17/h4-8H,9H2,1-3H3. The fourth-order valence-electron chi connectivity index (χ4n) is 2.20. The van der Waals surface area contributed by atoms with Crippen molar-refractivity contribution in [1.29, 1.82) is 0 Å². The zero-order chi connectivity index (χ0) is 13.6. The molecule has 0 atom stereocenters. The largest absolute Gasteiger partial charge is 0.323 e. The monoisotopic (exact) mass is 272 g/mol. The summed E-state index contributed by atoms with van der Waals surface area (Å²) in [6, 6.07) is 8.19. The lowest BCUT2D eigenvalue weighted by atomic mass is 9.91. The molecule has 1 aromatic carbocycles. The molecule has 2 aromatic heterocycles. The minimum Gasteiger partial charge on any atom is -0.323 e. The number of benzene rings is 1. The maximum absolute atomic E-state index is 12.3. The third-order valence-corrected chi connectivity index (χ3v) is 4.24. The Hall–Kier alpha value is -1.68. The molecule has 98 valence electrons. The topological polar surface area (TPSA) is 34.9 Å². The summed E-state index contributed by atoms with van der Waals surface area (Å²) in [6.45, 7) is 6.30. The summed E-state index contributed by atoms with van der Waals surface area (Å²) in [6.07, 6.45) is 1.89. The van der Waals surface area contributed by atoms with Gasteiger partial charge in [0.1, 0.15) is 4.83 Å². The molecule has 0 aliphatic carbocycles. The number of ketones is 1. The minimum absolute atomic E-state index is 0.239. The summed E-state index contributed by atoms with van der Waals surface area (Å²) in [5.74, 6) is 0.239. The number of carbonyl (C=O) groups is 1. The number of rotatable bonds is 2. The molecule has 3 nitrogen and oxygen atoms in total. The van der Waals surface area contributed by atoms with E-state index in [1.807, 2.05) is 39.1 Å².